The number of carboxylic acids is 1. The van der Waals surface area contributed by atoms with Gasteiger partial charge in [-0.1, -0.05) is 30.3 Å². The average molecular weight is 284 g/mol. The van der Waals surface area contributed by atoms with Crippen molar-refractivity contribution in [2.24, 2.45) is 0 Å². The monoisotopic (exact) mass is 284 g/mol. The van der Waals surface area contributed by atoms with Crippen LogP contribution in [0.25, 0.3) is 0 Å². The maximum Gasteiger partial charge on any atom is 0.339 e. The first-order valence-corrected chi connectivity index (χ1v) is 7.06. The maximum absolute atomic E-state index is 11.2. The van der Waals surface area contributed by atoms with Gasteiger partial charge in [-0.15, -0.1) is 0 Å². The van der Waals surface area contributed by atoms with Gasteiger partial charge in [0.05, 0.1) is 5.69 Å². The van der Waals surface area contributed by atoms with Crippen molar-refractivity contribution >= 4 is 11.7 Å². The van der Waals surface area contributed by atoms with E-state index in [-0.39, 0.29) is 11.6 Å². The summed E-state index contributed by atoms with van der Waals surface area (Å²) < 4.78 is 0. The van der Waals surface area contributed by atoms with Crippen LogP contribution in [-0.2, 0) is 6.42 Å². The lowest BCUT2D eigenvalue weighted by atomic mass is 10.1. The molecular weight excluding hydrogens is 264 g/mol. The molecule has 0 amide bonds. The molecule has 2 N–H and O–H groups in total. The fourth-order valence-corrected chi connectivity index (χ4v) is 2.22. The van der Waals surface area contributed by atoms with Crippen LogP contribution in [0.1, 0.15) is 35.0 Å². The molecule has 21 heavy (non-hydrogen) atoms. The summed E-state index contributed by atoms with van der Waals surface area (Å²) in [5, 5.41) is 12.5. The van der Waals surface area contributed by atoms with Gasteiger partial charge in [0.1, 0.15) is 5.56 Å². The molecule has 0 radical (unpaired) electrons. The van der Waals surface area contributed by atoms with Crippen LogP contribution >= 0.6 is 0 Å². The zero-order valence-corrected chi connectivity index (χ0v) is 12.3. The Morgan fingerprint density at radius 3 is 2.71 bits per heavy atom. The molecule has 0 bridgehead atoms. The number of rotatable bonds is 6. The number of aryl methyl sites for hydroxylation is 2. The third kappa shape index (κ3) is 4.31. The van der Waals surface area contributed by atoms with Gasteiger partial charge in [0.15, 0.2) is 0 Å². The third-order valence-electron chi connectivity index (χ3n) is 3.38. The smallest absolute Gasteiger partial charge is 0.339 e. The van der Waals surface area contributed by atoms with Crippen molar-refractivity contribution in [3.63, 3.8) is 0 Å². The van der Waals surface area contributed by atoms with Crippen LogP contribution in [0.2, 0.25) is 0 Å². The number of hydrogen-bond acceptors (Lipinski definition) is 3. The Labute approximate surface area is 124 Å². The van der Waals surface area contributed by atoms with Gasteiger partial charge < -0.3 is 10.4 Å². The molecule has 0 saturated carbocycles. The molecule has 0 saturated heterocycles. The van der Waals surface area contributed by atoms with Gasteiger partial charge in [-0.2, -0.15) is 0 Å². The van der Waals surface area contributed by atoms with Crippen LogP contribution < -0.4 is 5.32 Å². The number of anilines is 1. The van der Waals surface area contributed by atoms with Crippen LogP contribution in [0, 0.1) is 6.92 Å². The Morgan fingerprint density at radius 2 is 2.05 bits per heavy atom. The number of nitrogens with one attached hydrogen (secondary N) is 1. The van der Waals surface area contributed by atoms with E-state index in [1.807, 2.05) is 25.1 Å². The van der Waals surface area contributed by atoms with E-state index in [0.717, 1.165) is 18.5 Å². The zero-order chi connectivity index (χ0) is 15.2. The first-order chi connectivity index (χ1) is 10.1. The minimum Gasteiger partial charge on any atom is -0.478 e. The largest absolute Gasteiger partial charge is 0.478 e. The van der Waals surface area contributed by atoms with Gasteiger partial charge in [0, 0.05) is 17.9 Å². The highest BCUT2D eigenvalue weighted by molar-refractivity contribution is 5.93. The molecule has 1 heterocycles. The van der Waals surface area contributed by atoms with Crippen LogP contribution in [0.15, 0.2) is 42.6 Å². The summed E-state index contributed by atoms with van der Waals surface area (Å²) in [5.41, 5.74) is 2.94. The zero-order valence-electron chi connectivity index (χ0n) is 12.3. The highest BCUT2D eigenvalue weighted by Gasteiger charge is 2.13. The van der Waals surface area contributed by atoms with Gasteiger partial charge in [-0.05, 0) is 38.3 Å². The Morgan fingerprint density at radius 1 is 1.33 bits per heavy atom. The topological polar surface area (TPSA) is 62.2 Å². The van der Waals surface area contributed by atoms with Gasteiger partial charge >= 0.3 is 5.97 Å². The fraction of sp³-hybridized carbons (Fsp3) is 0.294. The van der Waals surface area contributed by atoms with Crippen molar-refractivity contribution in [3.8, 4) is 0 Å². The summed E-state index contributed by atoms with van der Waals surface area (Å²) in [5.74, 6) is -0.958. The van der Waals surface area contributed by atoms with Gasteiger partial charge in [-0.25, -0.2) is 4.79 Å². The van der Waals surface area contributed by atoms with Crippen molar-refractivity contribution in [1.29, 1.82) is 0 Å². The second-order valence-electron chi connectivity index (χ2n) is 5.25. The van der Waals surface area contributed by atoms with E-state index >= 15 is 0 Å². The summed E-state index contributed by atoms with van der Waals surface area (Å²) in [7, 11) is 0. The summed E-state index contributed by atoms with van der Waals surface area (Å²) >= 11 is 0. The number of pyridine rings is 1. The van der Waals surface area contributed by atoms with Gasteiger partial charge in [0.25, 0.3) is 0 Å². The van der Waals surface area contributed by atoms with E-state index in [4.69, 9.17) is 0 Å². The highest BCUT2D eigenvalue weighted by Crippen LogP contribution is 2.18. The number of carboxylic acid groups (broad SMARTS) is 1. The molecule has 1 aromatic heterocycles. The van der Waals surface area contributed by atoms with Crippen molar-refractivity contribution in [2.45, 2.75) is 32.7 Å². The normalized spacial score (nSPS) is 11.9. The Balaban J connectivity index is 2.01. The summed E-state index contributed by atoms with van der Waals surface area (Å²) in [6.07, 6.45) is 3.30. The summed E-state index contributed by atoms with van der Waals surface area (Å²) in [4.78, 5) is 15.3. The van der Waals surface area contributed by atoms with Crippen molar-refractivity contribution in [3.05, 3.63) is 59.4 Å². The van der Waals surface area contributed by atoms with E-state index in [9.17, 15) is 9.90 Å². The Kier molecular flexibility index (Phi) is 4.93. The van der Waals surface area contributed by atoms with E-state index in [0.29, 0.717) is 5.69 Å². The van der Waals surface area contributed by atoms with Crippen LogP contribution in [0.3, 0.4) is 0 Å². The maximum atomic E-state index is 11.2. The number of benzene rings is 1. The van der Waals surface area contributed by atoms with E-state index < -0.39 is 5.97 Å². The SMILES string of the molecule is Cc1cc(NC(C)CCc2ccccc2)c(C(=O)O)cn1. The van der Waals surface area contributed by atoms with Crippen LogP contribution in [0.4, 0.5) is 5.69 Å². The van der Waals surface area contributed by atoms with Gasteiger partial charge in [0.2, 0.25) is 0 Å². The molecule has 0 aliphatic carbocycles. The van der Waals surface area contributed by atoms with Crippen LogP contribution in [0.5, 0.6) is 0 Å². The predicted molar refractivity (Wildman–Crippen MR) is 83.8 cm³/mol. The molecule has 0 spiro atoms. The molecule has 0 aliphatic rings. The molecule has 1 aromatic carbocycles. The molecule has 110 valence electrons. The number of nitrogens with zero attached hydrogens (tertiary/aromatic N) is 1. The highest BCUT2D eigenvalue weighted by atomic mass is 16.4. The van der Waals surface area contributed by atoms with Crippen molar-refractivity contribution in [1.82, 2.24) is 4.98 Å². The molecule has 0 aliphatic heterocycles. The van der Waals surface area contributed by atoms with E-state index in [2.05, 4.69) is 29.4 Å². The first kappa shape index (κ1) is 15.0. The number of aromatic carboxylic acids is 1. The molecule has 4 heteroatoms. The second-order valence-corrected chi connectivity index (χ2v) is 5.25. The minimum absolute atomic E-state index is 0.185. The fourth-order valence-electron chi connectivity index (χ4n) is 2.22. The average Bonchev–Trinajstić information content (AvgIpc) is 2.46. The molecule has 4 nitrogen and oxygen atoms in total. The summed E-state index contributed by atoms with van der Waals surface area (Å²) in [6, 6.07) is 12.2. The third-order valence-corrected chi connectivity index (χ3v) is 3.38. The lowest BCUT2D eigenvalue weighted by molar-refractivity contribution is 0.0697. The molecule has 1 unspecified atom stereocenters. The Bertz CT molecular complexity index is 611. The molecule has 2 aromatic rings. The lowest BCUT2D eigenvalue weighted by Gasteiger charge is -2.17. The predicted octanol–water partition coefficient (Wildman–Crippen LogP) is 3.52. The molecule has 2 rings (SSSR count). The van der Waals surface area contributed by atoms with E-state index in [1.54, 1.807) is 6.07 Å². The second kappa shape index (κ2) is 6.88. The van der Waals surface area contributed by atoms with Gasteiger partial charge in [-0.3, -0.25) is 4.98 Å². The van der Waals surface area contributed by atoms with Crippen molar-refractivity contribution in [2.75, 3.05) is 5.32 Å². The number of carbonyl (C=O) groups is 1. The van der Waals surface area contributed by atoms with Crippen molar-refractivity contribution < 1.29 is 9.90 Å². The lowest BCUT2D eigenvalue weighted by Crippen LogP contribution is -2.18. The summed E-state index contributed by atoms with van der Waals surface area (Å²) in [6.45, 7) is 3.91. The molecule has 1 atom stereocenters. The molecule has 0 fully saturated rings. The minimum atomic E-state index is -0.958. The number of aromatic nitrogens is 1. The standard InChI is InChI=1S/C17H20N2O2/c1-12(8-9-14-6-4-3-5-7-14)19-16-10-13(2)18-11-15(16)17(20)21/h3-7,10-12H,8-9H2,1-2H3,(H,18,19)(H,20,21). The first-order valence-electron chi connectivity index (χ1n) is 7.06. The quantitative estimate of drug-likeness (QED) is 0.852. The van der Waals surface area contributed by atoms with E-state index in [1.165, 1.54) is 11.8 Å². The number of hydrogen-bond donors (Lipinski definition) is 2. The molecular formula is C17H20N2O2. The van der Waals surface area contributed by atoms with Crippen LogP contribution in [-0.4, -0.2) is 22.1 Å². The Hall–Kier alpha value is -2.36.